The molecule has 0 saturated carbocycles. The Hall–Kier alpha value is -0.680. The molecule has 5 heteroatoms. The van der Waals surface area contributed by atoms with E-state index in [2.05, 4.69) is 36.1 Å². The van der Waals surface area contributed by atoms with E-state index in [1.165, 1.54) is 12.8 Å². The van der Waals surface area contributed by atoms with E-state index < -0.39 is 0 Å². The second kappa shape index (κ2) is 5.59. The van der Waals surface area contributed by atoms with Crippen LogP contribution in [0.15, 0.2) is 16.9 Å². The van der Waals surface area contributed by atoms with Crippen molar-refractivity contribution in [2.45, 2.75) is 12.8 Å². The fraction of sp³-hybridized carbons (Fsp3) is 0.636. The molecule has 0 atom stereocenters. The minimum Gasteiger partial charge on any atom is -0.341 e. The van der Waals surface area contributed by atoms with Gasteiger partial charge in [0, 0.05) is 25.5 Å². The summed E-state index contributed by atoms with van der Waals surface area (Å²) >= 11 is 3.35. The first kappa shape index (κ1) is 11.8. The molecule has 1 aromatic heterocycles. The van der Waals surface area contributed by atoms with Gasteiger partial charge in [-0.1, -0.05) is 0 Å². The third-order valence-electron chi connectivity index (χ3n) is 3.00. The molecule has 2 rings (SSSR count). The topological polar surface area (TPSA) is 41.0 Å². The molecule has 1 fully saturated rings. The highest BCUT2D eigenvalue weighted by Crippen LogP contribution is 2.20. The lowest BCUT2D eigenvalue weighted by Crippen LogP contribution is -2.37. The smallest absolute Gasteiger partial charge is 0.225 e. The fourth-order valence-corrected chi connectivity index (χ4v) is 2.30. The van der Waals surface area contributed by atoms with Gasteiger partial charge in [-0.25, -0.2) is 9.97 Å². The summed E-state index contributed by atoms with van der Waals surface area (Å²) in [5, 5.41) is 3.24. The van der Waals surface area contributed by atoms with E-state index in [1.807, 2.05) is 19.4 Å². The third kappa shape index (κ3) is 2.92. The highest BCUT2D eigenvalue weighted by atomic mass is 79.9. The number of piperidine rings is 1. The maximum atomic E-state index is 4.33. The minimum atomic E-state index is 0.802. The van der Waals surface area contributed by atoms with Crippen LogP contribution < -0.4 is 10.2 Å². The molecule has 0 bridgehead atoms. The Labute approximate surface area is 105 Å². The Balaban J connectivity index is 1.91. The summed E-state index contributed by atoms with van der Waals surface area (Å²) in [6.07, 6.45) is 6.06. The second-order valence-corrected chi connectivity index (χ2v) is 5.11. The zero-order valence-corrected chi connectivity index (χ0v) is 11.1. The number of anilines is 1. The standard InChI is InChI=1S/C11H17BrN4/c1-13-6-9-2-4-16(5-3-9)11-14-7-10(12)8-15-11/h7-9,13H,2-6H2,1H3. The lowest BCUT2D eigenvalue weighted by atomic mass is 9.97. The van der Waals surface area contributed by atoms with Gasteiger partial charge >= 0.3 is 0 Å². The molecular formula is C11H17BrN4. The van der Waals surface area contributed by atoms with Crippen molar-refractivity contribution in [1.29, 1.82) is 0 Å². The van der Waals surface area contributed by atoms with Crippen molar-refractivity contribution in [3.05, 3.63) is 16.9 Å². The number of hydrogen-bond acceptors (Lipinski definition) is 4. The molecule has 1 saturated heterocycles. The Morgan fingerprint density at radius 3 is 2.56 bits per heavy atom. The lowest BCUT2D eigenvalue weighted by molar-refractivity contribution is 0.391. The van der Waals surface area contributed by atoms with Gasteiger partial charge in [0.25, 0.3) is 0 Å². The molecule has 1 aromatic rings. The van der Waals surface area contributed by atoms with Gasteiger partial charge in [-0.2, -0.15) is 0 Å². The highest BCUT2D eigenvalue weighted by molar-refractivity contribution is 9.10. The van der Waals surface area contributed by atoms with Crippen molar-refractivity contribution in [2.75, 3.05) is 31.6 Å². The van der Waals surface area contributed by atoms with Crippen molar-refractivity contribution >= 4 is 21.9 Å². The monoisotopic (exact) mass is 284 g/mol. The highest BCUT2D eigenvalue weighted by Gasteiger charge is 2.19. The Kier molecular flexibility index (Phi) is 4.12. The average Bonchev–Trinajstić information content (AvgIpc) is 2.32. The van der Waals surface area contributed by atoms with Crippen molar-refractivity contribution in [3.63, 3.8) is 0 Å². The van der Waals surface area contributed by atoms with Crippen LogP contribution in [0.1, 0.15) is 12.8 Å². The summed E-state index contributed by atoms with van der Waals surface area (Å²) in [7, 11) is 2.02. The van der Waals surface area contributed by atoms with Crippen LogP contribution in [0.4, 0.5) is 5.95 Å². The summed E-state index contributed by atoms with van der Waals surface area (Å²) in [4.78, 5) is 10.9. The number of aromatic nitrogens is 2. The van der Waals surface area contributed by atoms with E-state index >= 15 is 0 Å². The molecule has 4 nitrogen and oxygen atoms in total. The summed E-state index contributed by atoms with van der Waals surface area (Å²) in [5.41, 5.74) is 0. The quantitative estimate of drug-likeness (QED) is 0.917. The maximum Gasteiger partial charge on any atom is 0.225 e. The number of halogens is 1. The van der Waals surface area contributed by atoms with Gasteiger partial charge in [-0.05, 0) is 48.3 Å². The normalized spacial score (nSPS) is 17.8. The van der Waals surface area contributed by atoms with E-state index in [0.29, 0.717) is 0 Å². The summed E-state index contributed by atoms with van der Waals surface area (Å²) in [6.45, 7) is 3.25. The van der Waals surface area contributed by atoms with Crippen LogP contribution in [-0.4, -0.2) is 36.6 Å². The molecule has 1 aliphatic heterocycles. The molecule has 0 amide bonds. The van der Waals surface area contributed by atoms with Crippen LogP contribution in [0, 0.1) is 5.92 Å². The van der Waals surface area contributed by atoms with Crippen LogP contribution in [0.2, 0.25) is 0 Å². The Morgan fingerprint density at radius 1 is 1.38 bits per heavy atom. The van der Waals surface area contributed by atoms with Crippen LogP contribution in [0.5, 0.6) is 0 Å². The number of rotatable bonds is 3. The van der Waals surface area contributed by atoms with E-state index in [9.17, 15) is 0 Å². The van der Waals surface area contributed by atoms with Crippen LogP contribution in [-0.2, 0) is 0 Å². The first-order valence-electron chi connectivity index (χ1n) is 5.66. The summed E-state index contributed by atoms with van der Waals surface area (Å²) in [6, 6.07) is 0. The minimum absolute atomic E-state index is 0.802. The largest absolute Gasteiger partial charge is 0.341 e. The molecule has 1 aliphatic rings. The molecule has 16 heavy (non-hydrogen) atoms. The van der Waals surface area contributed by atoms with Gasteiger partial charge in [0.15, 0.2) is 0 Å². The molecule has 0 unspecified atom stereocenters. The van der Waals surface area contributed by atoms with E-state index in [1.54, 1.807) is 0 Å². The maximum absolute atomic E-state index is 4.33. The molecule has 2 heterocycles. The molecule has 0 aliphatic carbocycles. The second-order valence-electron chi connectivity index (χ2n) is 4.19. The van der Waals surface area contributed by atoms with Crippen LogP contribution in [0.25, 0.3) is 0 Å². The van der Waals surface area contributed by atoms with Crippen LogP contribution >= 0.6 is 15.9 Å². The first-order valence-corrected chi connectivity index (χ1v) is 6.46. The van der Waals surface area contributed by atoms with Crippen molar-refractivity contribution in [1.82, 2.24) is 15.3 Å². The van der Waals surface area contributed by atoms with Crippen molar-refractivity contribution in [3.8, 4) is 0 Å². The van der Waals surface area contributed by atoms with Gasteiger partial charge in [0.1, 0.15) is 0 Å². The van der Waals surface area contributed by atoms with Gasteiger partial charge in [-0.3, -0.25) is 0 Å². The van der Waals surface area contributed by atoms with E-state index in [0.717, 1.165) is 36.0 Å². The van der Waals surface area contributed by atoms with Crippen molar-refractivity contribution < 1.29 is 0 Å². The Morgan fingerprint density at radius 2 is 2.00 bits per heavy atom. The summed E-state index contributed by atoms with van der Waals surface area (Å²) < 4.78 is 0.932. The Bertz CT molecular complexity index is 319. The summed E-state index contributed by atoms with van der Waals surface area (Å²) in [5.74, 6) is 1.66. The van der Waals surface area contributed by atoms with Gasteiger partial charge < -0.3 is 10.2 Å². The van der Waals surface area contributed by atoms with Crippen molar-refractivity contribution in [2.24, 2.45) is 5.92 Å². The molecule has 0 spiro atoms. The molecule has 1 N–H and O–H groups in total. The van der Waals surface area contributed by atoms with E-state index in [4.69, 9.17) is 0 Å². The number of nitrogens with zero attached hydrogens (tertiary/aromatic N) is 3. The van der Waals surface area contributed by atoms with E-state index in [-0.39, 0.29) is 0 Å². The predicted octanol–water partition coefficient (Wildman–Crippen LogP) is 1.67. The zero-order chi connectivity index (χ0) is 11.4. The first-order chi connectivity index (χ1) is 7.79. The van der Waals surface area contributed by atoms with Gasteiger partial charge in [0.2, 0.25) is 5.95 Å². The average molecular weight is 285 g/mol. The molecule has 0 radical (unpaired) electrons. The zero-order valence-electron chi connectivity index (χ0n) is 9.49. The molecular weight excluding hydrogens is 268 g/mol. The molecule has 0 aromatic carbocycles. The molecule has 88 valence electrons. The predicted molar refractivity (Wildman–Crippen MR) is 68.6 cm³/mol. The van der Waals surface area contributed by atoms with Crippen LogP contribution in [0.3, 0.4) is 0 Å². The third-order valence-corrected chi connectivity index (χ3v) is 3.41. The lowest BCUT2D eigenvalue weighted by Gasteiger charge is -2.31. The fourth-order valence-electron chi connectivity index (χ4n) is 2.09. The van der Waals surface area contributed by atoms with Gasteiger partial charge in [0.05, 0.1) is 4.47 Å². The SMILES string of the molecule is CNCC1CCN(c2ncc(Br)cn2)CC1. The number of nitrogens with one attached hydrogen (secondary N) is 1. The number of hydrogen-bond donors (Lipinski definition) is 1. The van der Waals surface area contributed by atoms with Gasteiger partial charge in [-0.15, -0.1) is 0 Å².